The molecule has 0 spiro atoms. The van der Waals surface area contributed by atoms with Crippen molar-refractivity contribution in [3.05, 3.63) is 106 Å². The minimum absolute atomic E-state index is 0.0804. The number of aromatic nitrogens is 2. The summed E-state index contributed by atoms with van der Waals surface area (Å²) in [6.07, 6.45) is 0.744. The lowest BCUT2D eigenvalue weighted by Crippen LogP contribution is -2.35. The van der Waals surface area contributed by atoms with Crippen LogP contribution in [0.5, 0.6) is 0 Å². The number of carbonyl (C=O) groups is 3. The van der Waals surface area contributed by atoms with Crippen molar-refractivity contribution in [2.24, 2.45) is 5.92 Å². The molecule has 0 atom stereocenters. The summed E-state index contributed by atoms with van der Waals surface area (Å²) in [5.74, 6) is -0.923. The molecule has 1 aromatic heterocycles. The average molecular weight is 653 g/mol. The van der Waals surface area contributed by atoms with Crippen LogP contribution < -0.4 is 32.6 Å². The molecule has 250 valence electrons. The molecule has 4 aromatic rings. The van der Waals surface area contributed by atoms with Crippen LogP contribution in [-0.4, -0.2) is 39.3 Å². The number of ether oxygens (including phenoxy) is 1. The highest BCUT2D eigenvalue weighted by Crippen LogP contribution is 2.26. The zero-order chi connectivity index (χ0) is 34.8. The molecule has 4 rings (SSSR count). The van der Waals surface area contributed by atoms with Gasteiger partial charge in [-0.05, 0) is 43.2 Å². The highest BCUT2D eigenvalue weighted by atomic mass is 16.5. The maximum Gasteiger partial charge on any atom is 0.413 e. The predicted octanol–water partition coefficient (Wildman–Crippen LogP) is 4.48. The third-order valence-corrected chi connectivity index (χ3v) is 7.00. The molecule has 0 aliphatic carbocycles. The van der Waals surface area contributed by atoms with E-state index in [0.717, 1.165) is 11.1 Å². The number of nitrogens with zero attached hydrogens (tertiary/aromatic N) is 2. The van der Waals surface area contributed by atoms with Gasteiger partial charge < -0.3 is 26.4 Å². The Bertz CT molecular complexity index is 1840. The Hall–Kier alpha value is -5.98. The molecule has 0 unspecified atom stereocenters. The zero-order valence-electron chi connectivity index (χ0n) is 27.3. The molecule has 3 amide bonds. The van der Waals surface area contributed by atoms with E-state index < -0.39 is 17.6 Å². The number of hydrogen-bond acceptors (Lipinski definition) is 9. The molecule has 7 N–H and O–H groups in total. The van der Waals surface area contributed by atoms with E-state index in [1.165, 1.54) is 10.8 Å². The van der Waals surface area contributed by atoms with Crippen LogP contribution in [0.25, 0.3) is 11.3 Å². The monoisotopic (exact) mass is 652 g/mol. The number of alkyl carbamates (subject to hydrolysis) is 1. The van der Waals surface area contributed by atoms with Gasteiger partial charge in [-0.3, -0.25) is 29.7 Å². The van der Waals surface area contributed by atoms with E-state index in [1.54, 1.807) is 56.3 Å². The second kappa shape index (κ2) is 16.0. The van der Waals surface area contributed by atoms with E-state index in [9.17, 15) is 19.2 Å². The number of amidine groups is 1. The van der Waals surface area contributed by atoms with Crippen molar-refractivity contribution < 1.29 is 19.1 Å². The van der Waals surface area contributed by atoms with Crippen LogP contribution in [0.15, 0.2) is 83.8 Å². The molecule has 3 aromatic carbocycles. The fourth-order valence-corrected chi connectivity index (χ4v) is 4.53. The summed E-state index contributed by atoms with van der Waals surface area (Å²) in [5.41, 5.74) is 9.31. The van der Waals surface area contributed by atoms with Crippen LogP contribution in [0.3, 0.4) is 0 Å². The minimum atomic E-state index is -0.743. The Morgan fingerprint density at radius 3 is 2.33 bits per heavy atom. The van der Waals surface area contributed by atoms with Gasteiger partial charge in [-0.2, -0.15) is 0 Å². The lowest BCUT2D eigenvalue weighted by atomic mass is 10.1. The van der Waals surface area contributed by atoms with E-state index in [2.05, 4.69) is 26.3 Å². The smallest absolute Gasteiger partial charge is 0.413 e. The number of rotatable bonds is 12. The third-order valence-electron chi connectivity index (χ3n) is 7.00. The second-order valence-corrected chi connectivity index (χ2v) is 11.7. The lowest BCUT2D eigenvalue weighted by molar-refractivity contribution is -0.122. The fourth-order valence-electron chi connectivity index (χ4n) is 4.53. The van der Waals surface area contributed by atoms with Gasteiger partial charge in [-0.15, -0.1) is 0 Å². The first-order valence-electron chi connectivity index (χ1n) is 15.4. The largest absolute Gasteiger partial charge is 0.444 e. The SMILES string of the molecule is CC(C)Nc1ncc(-c2cc(N)cc(NC(=O)C(C)C)c2)n(CC(=O)NCc2ccc(C(=N)NC(=O)OCc3ccccc3)cc2)c1=O. The Morgan fingerprint density at radius 1 is 0.958 bits per heavy atom. The van der Waals surface area contributed by atoms with Gasteiger partial charge in [0, 0.05) is 41.0 Å². The Morgan fingerprint density at radius 2 is 1.67 bits per heavy atom. The van der Waals surface area contributed by atoms with Crippen LogP contribution in [0, 0.1) is 11.3 Å². The van der Waals surface area contributed by atoms with Gasteiger partial charge in [0.1, 0.15) is 19.0 Å². The topological polar surface area (TPSA) is 193 Å². The van der Waals surface area contributed by atoms with E-state index in [-0.39, 0.29) is 49.2 Å². The molecule has 48 heavy (non-hydrogen) atoms. The molecule has 0 fully saturated rings. The molecular weight excluding hydrogens is 612 g/mol. The number of nitrogens with two attached hydrogens (primary N) is 1. The van der Waals surface area contributed by atoms with Gasteiger partial charge >= 0.3 is 6.09 Å². The first kappa shape index (κ1) is 34.9. The van der Waals surface area contributed by atoms with Gasteiger partial charge in [0.2, 0.25) is 11.8 Å². The summed E-state index contributed by atoms with van der Waals surface area (Å²) in [5, 5.41) is 19.3. The summed E-state index contributed by atoms with van der Waals surface area (Å²) in [6, 6.07) is 20.8. The molecular formula is C35H40N8O5. The van der Waals surface area contributed by atoms with Crippen molar-refractivity contribution in [1.29, 1.82) is 5.41 Å². The van der Waals surface area contributed by atoms with Crippen molar-refractivity contribution in [3.63, 3.8) is 0 Å². The number of amides is 3. The zero-order valence-corrected chi connectivity index (χ0v) is 27.3. The molecule has 0 aliphatic rings. The second-order valence-electron chi connectivity index (χ2n) is 11.7. The van der Waals surface area contributed by atoms with Crippen LogP contribution in [-0.2, 0) is 34.0 Å². The standard InChI is InChI=1S/C35H40N8O5/c1-21(2)33(45)41-28-15-26(14-27(36)16-28)29-18-39-32(40-22(3)4)34(46)43(29)19-30(44)38-17-23-10-12-25(13-11-23)31(37)42-35(47)48-20-24-8-6-5-7-9-24/h5-16,18,21-22H,17,19-20,36H2,1-4H3,(H,38,44)(H,39,40)(H,41,45)(H2,37,42,47). The summed E-state index contributed by atoms with van der Waals surface area (Å²) < 4.78 is 6.48. The molecule has 0 bridgehead atoms. The molecule has 0 radical (unpaired) electrons. The summed E-state index contributed by atoms with van der Waals surface area (Å²) >= 11 is 0. The highest BCUT2D eigenvalue weighted by molar-refractivity contribution is 6.04. The van der Waals surface area contributed by atoms with Crippen molar-refractivity contribution in [3.8, 4) is 11.3 Å². The summed E-state index contributed by atoms with van der Waals surface area (Å²) in [6.45, 7) is 7.19. The molecule has 13 heteroatoms. The van der Waals surface area contributed by atoms with E-state index >= 15 is 0 Å². The number of hydrogen-bond donors (Lipinski definition) is 6. The summed E-state index contributed by atoms with van der Waals surface area (Å²) in [7, 11) is 0. The van der Waals surface area contributed by atoms with Gasteiger partial charge in [0.25, 0.3) is 5.56 Å². The Labute approximate surface area is 278 Å². The van der Waals surface area contributed by atoms with Gasteiger partial charge in [0.05, 0.1) is 11.9 Å². The fraction of sp³-hybridized carbons (Fsp3) is 0.257. The molecule has 0 aliphatic heterocycles. The van der Waals surface area contributed by atoms with E-state index in [0.29, 0.717) is 28.2 Å². The van der Waals surface area contributed by atoms with Crippen LogP contribution in [0.4, 0.5) is 22.0 Å². The summed E-state index contributed by atoms with van der Waals surface area (Å²) in [4.78, 5) is 55.5. The Kier molecular flexibility index (Phi) is 11.6. The first-order chi connectivity index (χ1) is 22.9. The molecule has 13 nitrogen and oxygen atoms in total. The minimum Gasteiger partial charge on any atom is -0.444 e. The van der Waals surface area contributed by atoms with Crippen molar-refractivity contribution in [1.82, 2.24) is 20.2 Å². The quantitative estimate of drug-likeness (QED) is 0.0733. The predicted molar refractivity (Wildman–Crippen MR) is 185 cm³/mol. The number of benzene rings is 3. The number of nitrogen functional groups attached to an aromatic ring is 1. The highest BCUT2D eigenvalue weighted by Gasteiger charge is 2.18. The number of anilines is 3. The molecule has 1 heterocycles. The first-order valence-corrected chi connectivity index (χ1v) is 15.4. The average Bonchev–Trinajstić information content (AvgIpc) is 3.05. The number of carbonyl (C=O) groups excluding carboxylic acids is 3. The van der Waals surface area contributed by atoms with Crippen LogP contribution >= 0.6 is 0 Å². The molecule has 0 saturated carbocycles. The lowest BCUT2D eigenvalue weighted by Gasteiger charge is -2.17. The van der Waals surface area contributed by atoms with Gasteiger partial charge in [-0.1, -0.05) is 68.4 Å². The maximum atomic E-state index is 13.5. The van der Waals surface area contributed by atoms with E-state index in [1.807, 2.05) is 44.2 Å². The van der Waals surface area contributed by atoms with Gasteiger partial charge in [0.15, 0.2) is 5.82 Å². The van der Waals surface area contributed by atoms with Gasteiger partial charge in [-0.25, -0.2) is 9.78 Å². The van der Waals surface area contributed by atoms with Crippen molar-refractivity contribution >= 4 is 40.9 Å². The maximum absolute atomic E-state index is 13.5. The number of nitrogens with one attached hydrogen (secondary N) is 5. The normalized spacial score (nSPS) is 10.8. The van der Waals surface area contributed by atoms with Crippen molar-refractivity contribution in [2.45, 2.75) is 53.4 Å². The van der Waals surface area contributed by atoms with Crippen LogP contribution in [0.2, 0.25) is 0 Å². The van der Waals surface area contributed by atoms with E-state index in [4.69, 9.17) is 15.9 Å². The molecule has 0 saturated heterocycles. The third kappa shape index (κ3) is 9.76. The van der Waals surface area contributed by atoms with Crippen molar-refractivity contribution in [2.75, 3.05) is 16.4 Å². The van der Waals surface area contributed by atoms with Crippen LogP contribution in [0.1, 0.15) is 44.4 Å². The Balaban J connectivity index is 1.44.